The van der Waals surface area contributed by atoms with Crippen LogP contribution in [-0.2, 0) is 4.79 Å². The number of halogens is 1. The van der Waals surface area contributed by atoms with E-state index in [1.807, 2.05) is 0 Å². The smallest absolute Gasteiger partial charge is 0.223 e. The highest BCUT2D eigenvalue weighted by Crippen LogP contribution is 2.28. The predicted octanol–water partition coefficient (Wildman–Crippen LogP) is 3.97. The van der Waals surface area contributed by atoms with Crippen molar-refractivity contribution in [3.63, 3.8) is 0 Å². The predicted molar refractivity (Wildman–Crippen MR) is 75.9 cm³/mol. The largest absolute Gasteiger partial charge is 0.339 e. The normalized spacial score (nSPS) is 26.9. The van der Waals surface area contributed by atoms with Crippen LogP contribution >= 0.6 is 11.6 Å². The first-order valence-corrected chi connectivity index (χ1v) is 8.20. The Labute approximate surface area is 116 Å². The van der Waals surface area contributed by atoms with E-state index >= 15 is 0 Å². The molecule has 0 aromatic rings. The van der Waals surface area contributed by atoms with Crippen LogP contribution in [0.4, 0.5) is 0 Å². The quantitative estimate of drug-likeness (QED) is 0.712. The summed E-state index contributed by atoms with van der Waals surface area (Å²) in [7, 11) is 0. The molecule has 104 valence electrons. The van der Waals surface area contributed by atoms with Gasteiger partial charge in [0.25, 0.3) is 0 Å². The highest BCUT2D eigenvalue weighted by molar-refractivity contribution is 6.18. The van der Waals surface area contributed by atoms with Gasteiger partial charge in [0.2, 0.25) is 5.91 Å². The SMILES string of the molecule is O=C(CC1CCCCC1)N1CCCCCC1CCl. The van der Waals surface area contributed by atoms with Crippen LogP contribution < -0.4 is 0 Å². The molecule has 2 fully saturated rings. The molecule has 2 nitrogen and oxygen atoms in total. The molecule has 0 spiro atoms. The minimum absolute atomic E-state index is 0.297. The molecule has 0 aromatic carbocycles. The summed E-state index contributed by atoms with van der Waals surface area (Å²) in [6.07, 6.45) is 12.0. The highest BCUT2D eigenvalue weighted by Gasteiger charge is 2.27. The van der Waals surface area contributed by atoms with Crippen molar-refractivity contribution in [1.29, 1.82) is 0 Å². The van der Waals surface area contributed by atoms with Gasteiger partial charge in [0, 0.05) is 24.9 Å². The number of carbonyl (C=O) groups excluding carboxylic acids is 1. The molecular formula is C15H26ClNO. The van der Waals surface area contributed by atoms with Gasteiger partial charge in [0.15, 0.2) is 0 Å². The lowest BCUT2D eigenvalue weighted by atomic mass is 9.86. The lowest BCUT2D eigenvalue weighted by Gasteiger charge is -2.31. The molecule has 0 aromatic heterocycles. The second-order valence-corrected chi connectivity index (χ2v) is 6.26. The average Bonchev–Trinajstić information content (AvgIpc) is 2.64. The molecule has 18 heavy (non-hydrogen) atoms. The van der Waals surface area contributed by atoms with E-state index in [-0.39, 0.29) is 0 Å². The zero-order valence-electron chi connectivity index (χ0n) is 11.4. The van der Waals surface area contributed by atoms with E-state index in [9.17, 15) is 4.79 Å². The van der Waals surface area contributed by atoms with Gasteiger partial charge < -0.3 is 4.90 Å². The molecule has 0 radical (unpaired) electrons. The number of hydrogen-bond donors (Lipinski definition) is 0. The summed E-state index contributed by atoms with van der Waals surface area (Å²) in [5.74, 6) is 1.62. The topological polar surface area (TPSA) is 20.3 Å². The van der Waals surface area contributed by atoms with E-state index in [0.717, 1.165) is 25.8 Å². The first kappa shape index (κ1) is 14.2. The fourth-order valence-electron chi connectivity index (χ4n) is 3.42. The standard InChI is InChI=1S/C15H26ClNO/c16-12-14-9-5-2-6-10-17(14)15(18)11-13-7-3-1-4-8-13/h13-14H,1-12H2. The molecule has 0 N–H and O–H groups in total. The third-order valence-corrected chi connectivity index (χ3v) is 4.92. The lowest BCUT2D eigenvalue weighted by molar-refractivity contribution is -0.134. The molecule has 2 aliphatic rings. The van der Waals surface area contributed by atoms with Crippen molar-refractivity contribution in [1.82, 2.24) is 4.90 Å². The fraction of sp³-hybridized carbons (Fsp3) is 0.933. The Balaban J connectivity index is 1.88. The van der Waals surface area contributed by atoms with Crippen molar-refractivity contribution in [2.75, 3.05) is 12.4 Å². The second kappa shape index (κ2) is 7.37. The number of rotatable bonds is 3. The molecule has 2 rings (SSSR count). The van der Waals surface area contributed by atoms with E-state index in [1.54, 1.807) is 0 Å². The van der Waals surface area contributed by atoms with Gasteiger partial charge in [-0.3, -0.25) is 4.79 Å². The maximum atomic E-state index is 12.5. The molecule has 1 amide bonds. The van der Waals surface area contributed by atoms with Gasteiger partial charge in [-0.1, -0.05) is 32.1 Å². The second-order valence-electron chi connectivity index (χ2n) is 5.95. The minimum Gasteiger partial charge on any atom is -0.339 e. The Kier molecular flexibility index (Phi) is 5.81. The summed E-state index contributed by atoms with van der Waals surface area (Å²) < 4.78 is 0. The number of nitrogens with zero attached hydrogens (tertiary/aromatic N) is 1. The molecule has 1 atom stereocenters. The minimum atomic E-state index is 0.297. The number of alkyl halides is 1. The van der Waals surface area contributed by atoms with Crippen LogP contribution in [-0.4, -0.2) is 29.3 Å². The Bertz CT molecular complexity index is 263. The van der Waals surface area contributed by atoms with Crippen LogP contribution in [0, 0.1) is 5.92 Å². The third-order valence-electron chi connectivity index (χ3n) is 4.56. The summed E-state index contributed by atoms with van der Waals surface area (Å²) in [4.78, 5) is 14.5. The summed E-state index contributed by atoms with van der Waals surface area (Å²) in [6.45, 7) is 0.933. The van der Waals surface area contributed by atoms with Crippen LogP contribution in [0.1, 0.15) is 64.2 Å². The number of hydrogen-bond acceptors (Lipinski definition) is 1. The number of amides is 1. The van der Waals surface area contributed by atoms with Crippen LogP contribution in [0.25, 0.3) is 0 Å². The monoisotopic (exact) mass is 271 g/mol. The molecule has 1 saturated carbocycles. The van der Waals surface area contributed by atoms with E-state index < -0.39 is 0 Å². The maximum Gasteiger partial charge on any atom is 0.223 e. The Morgan fingerprint density at radius 2 is 1.67 bits per heavy atom. The van der Waals surface area contributed by atoms with Crippen molar-refractivity contribution in [2.45, 2.75) is 70.3 Å². The summed E-state index contributed by atoms with van der Waals surface area (Å²) in [6, 6.07) is 0.297. The number of carbonyl (C=O) groups is 1. The summed E-state index contributed by atoms with van der Waals surface area (Å²) >= 11 is 6.04. The Morgan fingerprint density at radius 1 is 1.00 bits per heavy atom. The van der Waals surface area contributed by atoms with Gasteiger partial charge in [0.05, 0.1) is 0 Å². The van der Waals surface area contributed by atoms with Crippen molar-refractivity contribution in [2.24, 2.45) is 5.92 Å². The van der Waals surface area contributed by atoms with Gasteiger partial charge in [0.1, 0.15) is 0 Å². The van der Waals surface area contributed by atoms with Gasteiger partial charge in [-0.25, -0.2) is 0 Å². The molecule has 1 unspecified atom stereocenters. The van der Waals surface area contributed by atoms with Gasteiger partial charge in [-0.15, -0.1) is 11.6 Å². The molecule has 1 saturated heterocycles. The molecule has 1 aliphatic heterocycles. The maximum absolute atomic E-state index is 12.5. The fourth-order valence-corrected chi connectivity index (χ4v) is 3.74. The Morgan fingerprint density at radius 3 is 2.39 bits per heavy atom. The van der Waals surface area contributed by atoms with Crippen LogP contribution in [0.3, 0.4) is 0 Å². The molecule has 3 heteroatoms. The van der Waals surface area contributed by atoms with Crippen LogP contribution in [0.2, 0.25) is 0 Å². The molecule has 0 bridgehead atoms. The van der Waals surface area contributed by atoms with Gasteiger partial charge >= 0.3 is 0 Å². The van der Waals surface area contributed by atoms with Crippen molar-refractivity contribution >= 4 is 17.5 Å². The first-order chi connectivity index (χ1) is 8.81. The summed E-state index contributed by atoms with van der Waals surface area (Å²) in [5, 5.41) is 0. The zero-order valence-corrected chi connectivity index (χ0v) is 12.1. The van der Waals surface area contributed by atoms with Gasteiger partial charge in [-0.2, -0.15) is 0 Å². The number of likely N-dealkylation sites (tertiary alicyclic amines) is 1. The van der Waals surface area contributed by atoms with E-state index in [2.05, 4.69) is 4.90 Å². The van der Waals surface area contributed by atoms with Crippen molar-refractivity contribution in [3.05, 3.63) is 0 Å². The third kappa shape index (κ3) is 3.88. The highest BCUT2D eigenvalue weighted by atomic mass is 35.5. The van der Waals surface area contributed by atoms with E-state index in [0.29, 0.717) is 23.7 Å². The lowest BCUT2D eigenvalue weighted by Crippen LogP contribution is -2.41. The average molecular weight is 272 g/mol. The van der Waals surface area contributed by atoms with Crippen molar-refractivity contribution in [3.8, 4) is 0 Å². The zero-order chi connectivity index (χ0) is 12.8. The molecule has 1 heterocycles. The van der Waals surface area contributed by atoms with Crippen molar-refractivity contribution < 1.29 is 4.79 Å². The first-order valence-electron chi connectivity index (χ1n) is 7.66. The summed E-state index contributed by atoms with van der Waals surface area (Å²) in [5.41, 5.74) is 0. The van der Waals surface area contributed by atoms with Crippen LogP contribution in [0.5, 0.6) is 0 Å². The van der Waals surface area contributed by atoms with Crippen LogP contribution in [0.15, 0.2) is 0 Å². The van der Waals surface area contributed by atoms with E-state index in [1.165, 1.54) is 44.9 Å². The van der Waals surface area contributed by atoms with E-state index in [4.69, 9.17) is 11.6 Å². The van der Waals surface area contributed by atoms with Gasteiger partial charge in [-0.05, 0) is 31.6 Å². The molecule has 1 aliphatic carbocycles. The Hall–Kier alpha value is -0.240. The molecular weight excluding hydrogens is 246 g/mol.